The van der Waals surface area contributed by atoms with Crippen molar-refractivity contribution in [1.82, 2.24) is 4.90 Å². The van der Waals surface area contributed by atoms with Crippen LogP contribution >= 0.6 is 23.4 Å². The number of amides is 1. The Morgan fingerprint density at radius 3 is 2.44 bits per heavy atom. The number of carboxylic acid groups (broad SMARTS) is 1. The lowest BCUT2D eigenvalue weighted by Crippen LogP contribution is -2.47. The molecule has 25 heavy (non-hydrogen) atoms. The standard InChI is InChI=1S/C18H15ClFNO3S/c19-13-5-1-11(2-6-13)9-21-15(22)10-25-17(18(23)24)16(21)12-3-7-14(20)8-4-12/h1-8,16-17H,9-10H2,(H,23,24). The molecule has 2 aromatic carbocycles. The van der Waals surface area contributed by atoms with Gasteiger partial charge < -0.3 is 10.0 Å². The molecule has 1 amide bonds. The number of carboxylic acids is 1. The number of carbonyl (C=O) groups is 2. The zero-order valence-electron chi connectivity index (χ0n) is 13.1. The van der Waals surface area contributed by atoms with Gasteiger partial charge in [-0.1, -0.05) is 35.9 Å². The van der Waals surface area contributed by atoms with Crippen LogP contribution in [0, 0.1) is 5.82 Å². The summed E-state index contributed by atoms with van der Waals surface area (Å²) in [6.45, 7) is 0.266. The van der Waals surface area contributed by atoms with Crippen LogP contribution in [0.2, 0.25) is 5.02 Å². The number of benzene rings is 2. The highest BCUT2D eigenvalue weighted by atomic mass is 35.5. The van der Waals surface area contributed by atoms with Crippen LogP contribution in [-0.2, 0) is 16.1 Å². The van der Waals surface area contributed by atoms with E-state index in [1.165, 1.54) is 24.3 Å². The molecule has 1 N–H and O–H groups in total. The lowest BCUT2D eigenvalue weighted by Gasteiger charge is -2.39. The van der Waals surface area contributed by atoms with E-state index in [1.54, 1.807) is 29.2 Å². The van der Waals surface area contributed by atoms with E-state index in [0.717, 1.165) is 17.3 Å². The largest absolute Gasteiger partial charge is 0.480 e. The van der Waals surface area contributed by atoms with Crippen LogP contribution in [0.1, 0.15) is 17.2 Å². The molecule has 0 saturated carbocycles. The molecule has 1 fully saturated rings. The lowest BCUT2D eigenvalue weighted by molar-refractivity contribution is -0.140. The number of nitrogens with zero attached hydrogens (tertiary/aromatic N) is 1. The first kappa shape index (κ1) is 17.8. The Balaban J connectivity index is 1.97. The summed E-state index contributed by atoms with van der Waals surface area (Å²) in [6.07, 6.45) is 0. The van der Waals surface area contributed by atoms with Crippen molar-refractivity contribution < 1.29 is 19.1 Å². The minimum atomic E-state index is -0.993. The van der Waals surface area contributed by atoms with Gasteiger partial charge in [0, 0.05) is 11.6 Å². The van der Waals surface area contributed by atoms with Gasteiger partial charge in [0.25, 0.3) is 0 Å². The van der Waals surface area contributed by atoms with Crippen LogP contribution in [0.5, 0.6) is 0 Å². The zero-order chi connectivity index (χ0) is 18.0. The van der Waals surface area contributed by atoms with Crippen molar-refractivity contribution in [2.75, 3.05) is 5.75 Å². The van der Waals surface area contributed by atoms with Gasteiger partial charge in [-0.3, -0.25) is 9.59 Å². The van der Waals surface area contributed by atoms with Gasteiger partial charge in [0.15, 0.2) is 0 Å². The molecular weight excluding hydrogens is 365 g/mol. The summed E-state index contributed by atoms with van der Waals surface area (Å²) < 4.78 is 13.3. The van der Waals surface area contributed by atoms with Gasteiger partial charge in [-0.25, -0.2) is 4.39 Å². The first-order valence-electron chi connectivity index (χ1n) is 7.59. The van der Waals surface area contributed by atoms with Crippen LogP contribution in [0.3, 0.4) is 0 Å². The van der Waals surface area contributed by atoms with Gasteiger partial charge in [0.05, 0.1) is 11.8 Å². The Hall–Kier alpha value is -2.05. The Morgan fingerprint density at radius 1 is 1.20 bits per heavy atom. The smallest absolute Gasteiger partial charge is 0.319 e. The minimum Gasteiger partial charge on any atom is -0.480 e. The average Bonchev–Trinajstić information content (AvgIpc) is 2.59. The quantitative estimate of drug-likeness (QED) is 0.879. The summed E-state index contributed by atoms with van der Waals surface area (Å²) in [7, 11) is 0. The monoisotopic (exact) mass is 379 g/mol. The van der Waals surface area contributed by atoms with E-state index in [-0.39, 0.29) is 18.2 Å². The maximum Gasteiger partial charge on any atom is 0.319 e. The first-order valence-corrected chi connectivity index (χ1v) is 9.02. The molecule has 3 rings (SSSR count). The Bertz CT molecular complexity index is 782. The lowest BCUT2D eigenvalue weighted by atomic mass is 10.00. The van der Waals surface area contributed by atoms with Gasteiger partial charge in [0.2, 0.25) is 5.91 Å². The second kappa shape index (κ2) is 7.45. The molecule has 130 valence electrons. The van der Waals surface area contributed by atoms with Crippen molar-refractivity contribution in [2.24, 2.45) is 0 Å². The summed E-state index contributed by atoms with van der Waals surface area (Å²) >= 11 is 6.99. The zero-order valence-corrected chi connectivity index (χ0v) is 14.6. The highest BCUT2D eigenvalue weighted by Gasteiger charge is 2.41. The molecular formula is C18H15ClFNO3S. The summed E-state index contributed by atoms with van der Waals surface area (Å²) in [6, 6.07) is 12.0. The second-order valence-electron chi connectivity index (χ2n) is 5.71. The van der Waals surface area contributed by atoms with E-state index in [4.69, 9.17) is 11.6 Å². The highest BCUT2D eigenvalue weighted by molar-refractivity contribution is 8.01. The number of rotatable bonds is 4. The molecule has 1 aliphatic heterocycles. The maximum atomic E-state index is 13.3. The normalized spacial score (nSPS) is 20.6. The number of thioether (sulfide) groups is 1. The van der Waals surface area contributed by atoms with Crippen molar-refractivity contribution in [3.63, 3.8) is 0 Å². The van der Waals surface area contributed by atoms with Crippen LogP contribution in [-0.4, -0.2) is 32.9 Å². The molecule has 0 radical (unpaired) electrons. The Morgan fingerprint density at radius 2 is 1.84 bits per heavy atom. The molecule has 2 aromatic rings. The number of hydrogen-bond acceptors (Lipinski definition) is 3. The van der Waals surface area contributed by atoms with Gasteiger partial charge in [-0.2, -0.15) is 0 Å². The van der Waals surface area contributed by atoms with Gasteiger partial charge >= 0.3 is 5.97 Å². The van der Waals surface area contributed by atoms with E-state index in [9.17, 15) is 19.1 Å². The van der Waals surface area contributed by atoms with E-state index < -0.39 is 23.1 Å². The molecule has 0 bridgehead atoms. The van der Waals surface area contributed by atoms with Gasteiger partial charge in [-0.05, 0) is 35.4 Å². The fourth-order valence-corrected chi connectivity index (χ4v) is 4.09. The molecule has 1 saturated heterocycles. The van der Waals surface area contributed by atoms with Crippen molar-refractivity contribution >= 4 is 35.2 Å². The van der Waals surface area contributed by atoms with E-state index in [1.807, 2.05) is 0 Å². The molecule has 0 aliphatic carbocycles. The highest BCUT2D eigenvalue weighted by Crippen LogP contribution is 2.38. The van der Waals surface area contributed by atoms with Crippen LogP contribution in [0.4, 0.5) is 4.39 Å². The SMILES string of the molecule is O=C(O)C1SCC(=O)N(Cc2ccc(Cl)cc2)C1c1ccc(F)cc1. The first-order chi connectivity index (χ1) is 12.0. The fraction of sp³-hybridized carbons (Fsp3) is 0.222. The Kier molecular flexibility index (Phi) is 5.30. The molecule has 1 heterocycles. The van der Waals surface area contributed by atoms with Crippen LogP contribution in [0.25, 0.3) is 0 Å². The van der Waals surface area contributed by atoms with Gasteiger partial charge in [-0.15, -0.1) is 11.8 Å². The summed E-state index contributed by atoms with van der Waals surface area (Å²) in [4.78, 5) is 25.7. The number of aliphatic carboxylic acids is 1. The number of carbonyl (C=O) groups excluding carboxylic acids is 1. The third-order valence-electron chi connectivity index (χ3n) is 4.05. The molecule has 0 aromatic heterocycles. The third kappa shape index (κ3) is 3.96. The average molecular weight is 380 g/mol. The van der Waals surface area contributed by atoms with Crippen molar-refractivity contribution in [3.05, 3.63) is 70.5 Å². The minimum absolute atomic E-state index is 0.0995. The van der Waals surface area contributed by atoms with Crippen molar-refractivity contribution in [2.45, 2.75) is 17.8 Å². The fourth-order valence-electron chi connectivity index (χ4n) is 2.85. The molecule has 0 spiro atoms. The second-order valence-corrected chi connectivity index (χ2v) is 7.28. The molecule has 2 atom stereocenters. The molecule has 2 unspecified atom stereocenters. The van der Waals surface area contributed by atoms with E-state index >= 15 is 0 Å². The third-order valence-corrected chi connectivity index (χ3v) is 5.53. The predicted octanol–water partition coefficient (Wildman–Crippen LogP) is 3.75. The number of halogens is 2. The summed E-state index contributed by atoms with van der Waals surface area (Å²) in [5.41, 5.74) is 1.45. The van der Waals surface area contributed by atoms with Crippen LogP contribution < -0.4 is 0 Å². The van der Waals surface area contributed by atoms with Crippen molar-refractivity contribution in [1.29, 1.82) is 0 Å². The Labute approximate surface area is 153 Å². The predicted molar refractivity (Wildman–Crippen MR) is 95.0 cm³/mol. The maximum absolute atomic E-state index is 13.3. The van der Waals surface area contributed by atoms with Gasteiger partial charge in [0.1, 0.15) is 11.1 Å². The van der Waals surface area contributed by atoms with E-state index in [0.29, 0.717) is 10.6 Å². The topological polar surface area (TPSA) is 57.6 Å². The van der Waals surface area contributed by atoms with Crippen molar-refractivity contribution in [3.8, 4) is 0 Å². The summed E-state index contributed by atoms with van der Waals surface area (Å²) in [5.74, 6) is -1.45. The van der Waals surface area contributed by atoms with E-state index in [2.05, 4.69) is 0 Å². The molecule has 4 nitrogen and oxygen atoms in total. The molecule has 1 aliphatic rings. The molecule has 7 heteroatoms. The van der Waals surface area contributed by atoms with Crippen LogP contribution in [0.15, 0.2) is 48.5 Å². The number of hydrogen-bond donors (Lipinski definition) is 1. The summed E-state index contributed by atoms with van der Waals surface area (Å²) in [5, 5.41) is 9.36.